The second-order valence-electron chi connectivity index (χ2n) is 7.85. The highest BCUT2D eigenvalue weighted by Crippen LogP contribution is 2.20. The molecule has 4 nitrogen and oxygen atoms in total. The minimum absolute atomic E-state index is 0.0682. The summed E-state index contributed by atoms with van der Waals surface area (Å²) in [5.41, 5.74) is 5.96. The van der Waals surface area contributed by atoms with Gasteiger partial charge < -0.3 is 10.1 Å². The van der Waals surface area contributed by atoms with Crippen LogP contribution in [0.25, 0.3) is 0 Å². The standard InChI is InChI=1S/C26H28N2O2/c1-20-5-4-8-25(17-20)30-16-14-27-26(29)23-11-9-21(10-12-23)18-28-15-13-22-6-2-3-7-24(22)19-28/h2-12,17H,13-16,18-19H2,1H3,(H,27,29). The molecule has 1 aliphatic heterocycles. The van der Waals surface area contributed by atoms with Gasteiger partial charge in [-0.1, -0.05) is 48.5 Å². The minimum Gasteiger partial charge on any atom is -0.492 e. The lowest BCUT2D eigenvalue weighted by Gasteiger charge is -2.28. The fourth-order valence-corrected chi connectivity index (χ4v) is 3.85. The van der Waals surface area contributed by atoms with Crippen LogP contribution in [-0.4, -0.2) is 30.5 Å². The van der Waals surface area contributed by atoms with Crippen LogP contribution in [0.15, 0.2) is 72.8 Å². The largest absolute Gasteiger partial charge is 0.492 e. The highest BCUT2D eigenvalue weighted by molar-refractivity contribution is 5.94. The van der Waals surface area contributed by atoms with E-state index in [0.717, 1.165) is 37.4 Å². The van der Waals surface area contributed by atoms with Gasteiger partial charge in [-0.2, -0.15) is 0 Å². The molecule has 0 saturated heterocycles. The Morgan fingerprint density at radius 1 is 1.00 bits per heavy atom. The third-order valence-electron chi connectivity index (χ3n) is 5.48. The van der Waals surface area contributed by atoms with Crippen LogP contribution < -0.4 is 10.1 Å². The smallest absolute Gasteiger partial charge is 0.251 e. The Morgan fingerprint density at radius 2 is 1.80 bits per heavy atom. The second-order valence-corrected chi connectivity index (χ2v) is 7.85. The number of carbonyl (C=O) groups excluding carboxylic acids is 1. The normalized spacial score (nSPS) is 13.5. The number of nitrogens with one attached hydrogen (secondary N) is 1. The van der Waals surface area contributed by atoms with Crippen LogP contribution in [0.4, 0.5) is 0 Å². The SMILES string of the molecule is Cc1cccc(OCCNC(=O)c2ccc(CN3CCc4ccccc4C3)cc2)c1. The lowest BCUT2D eigenvalue weighted by Crippen LogP contribution is -2.30. The zero-order valence-corrected chi connectivity index (χ0v) is 17.4. The first-order valence-corrected chi connectivity index (χ1v) is 10.5. The zero-order valence-electron chi connectivity index (χ0n) is 17.4. The van der Waals surface area contributed by atoms with Gasteiger partial charge >= 0.3 is 0 Å². The average molecular weight is 401 g/mol. The van der Waals surface area contributed by atoms with Crippen LogP contribution in [0, 0.1) is 6.92 Å². The monoisotopic (exact) mass is 400 g/mol. The van der Waals surface area contributed by atoms with Crippen molar-refractivity contribution in [3.63, 3.8) is 0 Å². The van der Waals surface area contributed by atoms with E-state index < -0.39 is 0 Å². The molecule has 1 heterocycles. The van der Waals surface area contributed by atoms with E-state index in [9.17, 15) is 4.79 Å². The molecule has 154 valence electrons. The maximum absolute atomic E-state index is 12.4. The van der Waals surface area contributed by atoms with E-state index >= 15 is 0 Å². The molecule has 3 aromatic rings. The molecule has 1 aliphatic rings. The summed E-state index contributed by atoms with van der Waals surface area (Å²) in [4.78, 5) is 14.8. The third-order valence-corrected chi connectivity index (χ3v) is 5.48. The molecular formula is C26H28N2O2. The van der Waals surface area contributed by atoms with Gasteiger partial charge in [-0.15, -0.1) is 0 Å². The maximum atomic E-state index is 12.4. The number of carbonyl (C=O) groups is 1. The van der Waals surface area contributed by atoms with Crippen LogP contribution in [0.3, 0.4) is 0 Å². The third kappa shape index (κ3) is 5.28. The van der Waals surface area contributed by atoms with Gasteiger partial charge in [-0.3, -0.25) is 9.69 Å². The van der Waals surface area contributed by atoms with Crippen molar-refractivity contribution >= 4 is 5.91 Å². The summed E-state index contributed by atoms with van der Waals surface area (Å²) in [7, 11) is 0. The zero-order chi connectivity index (χ0) is 20.8. The van der Waals surface area contributed by atoms with Crippen LogP contribution >= 0.6 is 0 Å². The number of nitrogens with zero attached hydrogens (tertiary/aromatic N) is 1. The fraction of sp³-hybridized carbons (Fsp3) is 0.269. The summed E-state index contributed by atoms with van der Waals surface area (Å²) in [6.07, 6.45) is 1.10. The predicted molar refractivity (Wildman–Crippen MR) is 120 cm³/mol. The summed E-state index contributed by atoms with van der Waals surface area (Å²) in [6, 6.07) is 24.5. The summed E-state index contributed by atoms with van der Waals surface area (Å²) in [5, 5.41) is 2.92. The highest BCUT2D eigenvalue weighted by atomic mass is 16.5. The molecule has 3 aromatic carbocycles. The molecule has 0 spiro atoms. The highest BCUT2D eigenvalue weighted by Gasteiger charge is 2.16. The van der Waals surface area contributed by atoms with Gasteiger partial charge in [0.25, 0.3) is 5.91 Å². The van der Waals surface area contributed by atoms with E-state index in [1.54, 1.807) is 0 Å². The number of ether oxygens (including phenoxy) is 1. The predicted octanol–water partition coefficient (Wildman–Crippen LogP) is 4.36. The number of rotatable bonds is 7. The molecule has 4 rings (SSSR count). The van der Waals surface area contributed by atoms with Crippen molar-refractivity contribution in [1.29, 1.82) is 0 Å². The molecule has 0 radical (unpaired) electrons. The van der Waals surface area contributed by atoms with Crippen LogP contribution in [0.5, 0.6) is 5.75 Å². The molecular weight excluding hydrogens is 372 g/mol. The first-order valence-electron chi connectivity index (χ1n) is 10.5. The minimum atomic E-state index is -0.0682. The van der Waals surface area contributed by atoms with E-state index in [2.05, 4.69) is 46.6 Å². The lowest BCUT2D eigenvalue weighted by molar-refractivity contribution is 0.0947. The van der Waals surface area contributed by atoms with Gasteiger partial charge in [-0.25, -0.2) is 0 Å². The van der Waals surface area contributed by atoms with E-state index in [1.165, 1.54) is 16.7 Å². The first kappa shape index (κ1) is 20.2. The maximum Gasteiger partial charge on any atom is 0.251 e. The van der Waals surface area contributed by atoms with Crippen molar-refractivity contribution in [2.75, 3.05) is 19.7 Å². The number of hydrogen-bond donors (Lipinski definition) is 1. The molecule has 0 unspecified atom stereocenters. The van der Waals surface area contributed by atoms with Crippen molar-refractivity contribution in [3.8, 4) is 5.75 Å². The van der Waals surface area contributed by atoms with Gasteiger partial charge in [0, 0.05) is 25.2 Å². The van der Waals surface area contributed by atoms with Gasteiger partial charge in [0.05, 0.1) is 6.54 Å². The van der Waals surface area contributed by atoms with Gasteiger partial charge in [0.15, 0.2) is 0 Å². The van der Waals surface area contributed by atoms with E-state index in [-0.39, 0.29) is 5.91 Å². The summed E-state index contributed by atoms with van der Waals surface area (Å²) < 4.78 is 5.68. The Morgan fingerprint density at radius 3 is 2.60 bits per heavy atom. The second kappa shape index (κ2) is 9.59. The first-order chi connectivity index (χ1) is 14.7. The summed E-state index contributed by atoms with van der Waals surface area (Å²) in [6.45, 7) is 5.91. The molecule has 4 heteroatoms. The molecule has 0 aromatic heterocycles. The van der Waals surface area contributed by atoms with E-state index in [4.69, 9.17) is 4.74 Å². The number of fused-ring (bicyclic) bond motifs is 1. The van der Waals surface area contributed by atoms with Crippen LogP contribution in [0.2, 0.25) is 0 Å². The molecule has 30 heavy (non-hydrogen) atoms. The average Bonchev–Trinajstić information content (AvgIpc) is 2.77. The molecule has 0 saturated carbocycles. The van der Waals surface area contributed by atoms with Crippen molar-refractivity contribution < 1.29 is 9.53 Å². The Kier molecular flexibility index (Phi) is 6.45. The molecule has 0 fully saturated rings. The van der Waals surface area contributed by atoms with Crippen molar-refractivity contribution in [2.45, 2.75) is 26.4 Å². The van der Waals surface area contributed by atoms with E-state index in [0.29, 0.717) is 18.7 Å². The van der Waals surface area contributed by atoms with Crippen molar-refractivity contribution in [1.82, 2.24) is 10.2 Å². The Balaban J connectivity index is 1.23. The quantitative estimate of drug-likeness (QED) is 0.599. The number of hydrogen-bond acceptors (Lipinski definition) is 3. The fourth-order valence-electron chi connectivity index (χ4n) is 3.85. The molecule has 1 amide bonds. The number of amides is 1. The van der Waals surface area contributed by atoms with Crippen LogP contribution in [-0.2, 0) is 19.5 Å². The Labute approximate surface area is 178 Å². The summed E-state index contributed by atoms with van der Waals surface area (Å²) >= 11 is 0. The van der Waals surface area contributed by atoms with Gasteiger partial charge in [0.1, 0.15) is 12.4 Å². The Hall–Kier alpha value is -3.11. The van der Waals surface area contributed by atoms with Gasteiger partial charge in [0.2, 0.25) is 0 Å². The number of benzene rings is 3. The molecule has 1 N–H and O–H groups in total. The van der Waals surface area contributed by atoms with Crippen molar-refractivity contribution in [2.24, 2.45) is 0 Å². The number of aryl methyl sites for hydroxylation is 1. The Bertz CT molecular complexity index is 998. The summed E-state index contributed by atoms with van der Waals surface area (Å²) in [5.74, 6) is 0.759. The lowest BCUT2D eigenvalue weighted by atomic mass is 9.99. The molecule has 0 atom stereocenters. The van der Waals surface area contributed by atoms with Crippen molar-refractivity contribution in [3.05, 3.63) is 101 Å². The molecule has 0 aliphatic carbocycles. The molecule has 0 bridgehead atoms. The topological polar surface area (TPSA) is 41.6 Å². The van der Waals surface area contributed by atoms with Crippen LogP contribution in [0.1, 0.15) is 32.6 Å². The van der Waals surface area contributed by atoms with E-state index in [1.807, 2.05) is 43.3 Å². The van der Waals surface area contributed by atoms with Gasteiger partial charge in [-0.05, 0) is 59.9 Å².